The van der Waals surface area contributed by atoms with Gasteiger partial charge in [0.25, 0.3) is 11.8 Å². The Morgan fingerprint density at radius 1 is 0.932 bits per heavy atom. The maximum Gasteiger partial charge on any atom is 0.255 e. The first-order valence-corrected chi connectivity index (χ1v) is 21.0. The molecule has 310 valence electrons. The van der Waals surface area contributed by atoms with Crippen molar-refractivity contribution in [3.8, 4) is 11.8 Å². The summed E-state index contributed by atoms with van der Waals surface area (Å²) < 4.78 is 21.8. The van der Waals surface area contributed by atoms with Crippen molar-refractivity contribution in [1.82, 2.24) is 20.4 Å². The van der Waals surface area contributed by atoms with Gasteiger partial charge in [0.15, 0.2) is 0 Å². The molecule has 4 heterocycles. The van der Waals surface area contributed by atoms with Crippen molar-refractivity contribution in [3.05, 3.63) is 87.7 Å². The van der Waals surface area contributed by atoms with Gasteiger partial charge in [-0.2, -0.15) is 5.26 Å². The van der Waals surface area contributed by atoms with E-state index >= 15 is 4.39 Å². The molecule has 4 fully saturated rings. The van der Waals surface area contributed by atoms with Crippen LogP contribution in [0.25, 0.3) is 0 Å². The fourth-order valence-corrected chi connectivity index (χ4v) is 10.6. The number of hydrogen-bond acceptors (Lipinski definition) is 9. The molecule has 12 nitrogen and oxygen atoms in total. The Morgan fingerprint density at radius 2 is 1.63 bits per heavy atom. The van der Waals surface area contributed by atoms with Crippen molar-refractivity contribution in [3.63, 3.8) is 0 Å². The van der Waals surface area contributed by atoms with Crippen LogP contribution in [0.4, 0.5) is 15.8 Å². The van der Waals surface area contributed by atoms with E-state index in [4.69, 9.17) is 16.3 Å². The van der Waals surface area contributed by atoms with E-state index in [0.717, 1.165) is 51.3 Å². The molecule has 1 atom stereocenters. The molecule has 3 saturated heterocycles. The smallest absolute Gasteiger partial charge is 0.255 e. The molecule has 5 aliphatic rings. The average molecular weight is 824 g/mol. The van der Waals surface area contributed by atoms with E-state index < -0.39 is 17.8 Å². The van der Waals surface area contributed by atoms with Crippen LogP contribution < -0.4 is 25.2 Å². The summed E-state index contributed by atoms with van der Waals surface area (Å²) in [6.07, 6.45) is 2.38. The number of ether oxygens (including phenoxy) is 1. The molecule has 1 aliphatic carbocycles. The summed E-state index contributed by atoms with van der Waals surface area (Å²) in [6.45, 7) is 14.4. The predicted octanol–water partition coefficient (Wildman–Crippen LogP) is 5.76. The molecule has 4 amide bonds. The topological polar surface area (TPSA) is 138 Å². The molecule has 1 saturated carbocycles. The zero-order valence-electron chi connectivity index (χ0n) is 34.0. The van der Waals surface area contributed by atoms with Crippen molar-refractivity contribution >= 4 is 46.6 Å². The number of nitrogens with zero attached hydrogens (tertiary/aromatic N) is 5. The first-order valence-electron chi connectivity index (χ1n) is 20.6. The number of nitrogens with one attached hydrogen (secondary N) is 2. The van der Waals surface area contributed by atoms with Gasteiger partial charge in [-0.3, -0.25) is 29.4 Å². The number of imide groups is 1. The van der Waals surface area contributed by atoms with Gasteiger partial charge in [0.2, 0.25) is 11.8 Å². The molecule has 4 aliphatic heterocycles. The van der Waals surface area contributed by atoms with Gasteiger partial charge in [0, 0.05) is 98.5 Å². The van der Waals surface area contributed by atoms with Gasteiger partial charge in [0.05, 0.1) is 16.3 Å². The van der Waals surface area contributed by atoms with Gasteiger partial charge >= 0.3 is 0 Å². The third-order valence-electron chi connectivity index (χ3n) is 13.4. The number of halogens is 2. The third kappa shape index (κ3) is 7.73. The van der Waals surface area contributed by atoms with E-state index in [2.05, 4.69) is 54.2 Å². The van der Waals surface area contributed by atoms with E-state index in [1.165, 1.54) is 11.0 Å². The Morgan fingerprint density at radius 3 is 2.27 bits per heavy atom. The molecule has 0 bridgehead atoms. The van der Waals surface area contributed by atoms with Crippen LogP contribution >= 0.6 is 11.6 Å². The van der Waals surface area contributed by atoms with E-state index in [9.17, 15) is 24.4 Å². The van der Waals surface area contributed by atoms with Crippen LogP contribution in [0.5, 0.6) is 5.75 Å². The molecule has 8 rings (SSSR count). The molecule has 3 aromatic carbocycles. The lowest BCUT2D eigenvalue weighted by atomic mass is 9.49. The molecule has 59 heavy (non-hydrogen) atoms. The summed E-state index contributed by atoms with van der Waals surface area (Å²) in [5.74, 6) is -0.591. The maximum absolute atomic E-state index is 15.4. The summed E-state index contributed by atoms with van der Waals surface area (Å²) in [7, 11) is 0. The number of carbonyl (C=O) groups excluding carboxylic acids is 4. The van der Waals surface area contributed by atoms with Crippen LogP contribution in [0.1, 0.15) is 85.2 Å². The Kier molecular flexibility index (Phi) is 10.8. The standard InChI is InChI=1S/C45H51ClFN7O5/c1-44(2)42(45(3,4)43(44)59-32-10-7-29(24-48)34(46)22-32)50-39(56)28-5-8-31(9-6-28)52-15-13-27(14-16-52)25-51-17-19-53(20-18-51)37-21-30-26-54(41(58)33(30)23-35(37)47)36-11-12-38(55)49-40(36)57/h5-10,21-23,27,36,42-43H,11-20,25-26H2,1-4H3,(H,50,56)(H,49,55,57). The molecule has 0 spiro atoms. The van der Waals surface area contributed by atoms with Crippen molar-refractivity contribution < 1.29 is 28.3 Å². The van der Waals surface area contributed by atoms with Crippen molar-refractivity contribution in [1.29, 1.82) is 5.26 Å². The molecule has 2 N–H and O–H groups in total. The Labute approximate surface area is 349 Å². The average Bonchev–Trinajstić information content (AvgIpc) is 3.53. The van der Waals surface area contributed by atoms with Gasteiger partial charge in [-0.05, 0) is 79.3 Å². The second-order valence-electron chi connectivity index (χ2n) is 17.9. The fraction of sp³-hybridized carbons (Fsp3) is 0.489. The molecular weight excluding hydrogens is 773 g/mol. The number of nitriles is 1. The van der Waals surface area contributed by atoms with E-state index in [0.29, 0.717) is 52.2 Å². The third-order valence-corrected chi connectivity index (χ3v) is 13.7. The van der Waals surface area contributed by atoms with Crippen molar-refractivity contribution in [2.24, 2.45) is 16.7 Å². The summed E-state index contributed by atoms with van der Waals surface area (Å²) in [5.41, 5.74) is 2.88. The number of piperidine rings is 2. The summed E-state index contributed by atoms with van der Waals surface area (Å²) in [5, 5.41) is 15.2. The molecular formula is C45H51ClFN7O5. The molecule has 0 radical (unpaired) electrons. The number of benzene rings is 3. The zero-order chi connectivity index (χ0) is 41.8. The number of anilines is 2. The van der Waals surface area contributed by atoms with Crippen molar-refractivity contribution in [2.75, 3.05) is 55.6 Å². The summed E-state index contributed by atoms with van der Waals surface area (Å²) in [6, 6.07) is 17.2. The van der Waals surface area contributed by atoms with Gasteiger partial charge in [-0.25, -0.2) is 4.39 Å². The Balaban J connectivity index is 0.791. The van der Waals surface area contributed by atoms with Gasteiger partial charge in [0.1, 0.15) is 29.8 Å². The summed E-state index contributed by atoms with van der Waals surface area (Å²) >= 11 is 6.25. The zero-order valence-corrected chi connectivity index (χ0v) is 34.8. The van der Waals surface area contributed by atoms with Crippen molar-refractivity contribution in [2.45, 2.75) is 78.1 Å². The molecule has 3 aromatic rings. The Hall–Kier alpha value is -5.19. The first-order chi connectivity index (χ1) is 28.1. The lowest BCUT2D eigenvalue weighted by molar-refractivity contribution is -0.164. The molecule has 14 heteroatoms. The number of rotatable bonds is 9. The maximum atomic E-state index is 15.4. The van der Waals surface area contributed by atoms with Gasteiger partial charge in [-0.15, -0.1) is 0 Å². The lowest BCUT2D eigenvalue weighted by Crippen LogP contribution is -2.74. The predicted molar refractivity (Wildman–Crippen MR) is 222 cm³/mol. The monoisotopic (exact) mass is 823 g/mol. The van der Waals surface area contributed by atoms with Crippen LogP contribution in [-0.4, -0.2) is 97.4 Å². The van der Waals surface area contributed by atoms with E-state index in [1.807, 2.05) is 29.2 Å². The van der Waals surface area contributed by atoms with E-state index in [1.54, 1.807) is 24.3 Å². The van der Waals surface area contributed by atoms with E-state index in [-0.39, 0.29) is 65.6 Å². The van der Waals surface area contributed by atoms with Crippen LogP contribution in [0.15, 0.2) is 54.6 Å². The highest BCUT2D eigenvalue weighted by Crippen LogP contribution is 2.55. The minimum Gasteiger partial charge on any atom is -0.489 e. The SMILES string of the molecule is CC1(C)C(NC(=O)c2ccc(N3CCC(CN4CCN(c5cc6c(cc5F)C(=O)N(C5CCC(=O)NC5=O)C6)CC4)CC3)cc2)C(C)(C)C1Oc1ccc(C#N)c(Cl)c1. The minimum atomic E-state index is -0.729. The molecule has 0 aromatic heterocycles. The number of amides is 4. The first kappa shape index (κ1) is 40.6. The largest absolute Gasteiger partial charge is 0.489 e. The number of fused-ring (bicyclic) bond motifs is 1. The second kappa shape index (κ2) is 15.8. The normalized spacial score (nSPS) is 24.3. The van der Waals surface area contributed by atoms with Gasteiger partial charge in [-0.1, -0.05) is 39.3 Å². The second-order valence-corrected chi connectivity index (χ2v) is 18.3. The highest BCUT2D eigenvalue weighted by molar-refractivity contribution is 6.31. The number of carbonyl (C=O) groups is 4. The molecule has 1 unspecified atom stereocenters. The number of hydrogen-bond donors (Lipinski definition) is 2. The van der Waals surface area contributed by atoms with Crippen LogP contribution in [-0.2, 0) is 16.1 Å². The summed E-state index contributed by atoms with van der Waals surface area (Å²) in [4.78, 5) is 59.0. The highest BCUT2D eigenvalue weighted by Gasteiger charge is 2.64. The lowest BCUT2D eigenvalue weighted by Gasteiger charge is -2.63. The highest BCUT2D eigenvalue weighted by atomic mass is 35.5. The Bertz CT molecular complexity index is 2190. The number of piperazine rings is 1. The van der Waals surface area contributed by atoms with Crippen LogP contribution in [0.3, 0.4) is 0 Å². The fourth-order valence-electron chi connectivity index (χ4n) is 10.4. The van der Waals surface area contributed by atoms with Gasteiger partial charge < -0.3 is 24.8 Å². The minimum absolute atomic E-state index is 0.119. The quantitative estimate of drug-likeness (QED) is 0.258. The van der Waals surface area contributed by atoms with Crippen LogP contribution in [0, 0.1) is 33.9 Å². The van der Waals surface area contributed by atoms with Crippen LogP contribution in [0.2, 0.25) is 5.02 Å².